The molecule has 1 aliphatic rings. The molecule has 12 heteroatoms. The lowest BCUT2D eigenvalue weighted by Gasteiger charge is -2.18. The van der Waals surface area contributed by atoms with Gasteiger partial charge in [-0.3, -0.25) is 14.4 Å². The topological polar surface area (TPSA) is 157 Å². The molecule has 180 valence electrons. The molecule has 2 aromatic rings. The molecule has 0 amide bonds. The fourth-order valence-corrected chi connectivity index (χ4v) is 5.50. The van der Waals surface area contributed by atoms with Crippen LogP contribution in [0.1, 0.15) is 39.5 Å². The van der Waals surface area contributed by atoms with Crippen molar-refractivity contribution in [2.45, 2.75) is 19.4 Å². The Balaban J connectivity index is 2.21. The third kappa shape index (κ3) is 4.47. The van der Waals surface area contributed by atoms with E-state index in [1.165, 1.54) is 46.6 Å². The highest BCUT2D eigenvalue weighted by atomic mass is 32.2. The van der Waals surface area contributed by atoms with Crippen molar-refractivity contribution in [2.24, 2.45) is 4.99 Å². The molecule has 1 aromatic carbocycles. The molecule has 1 fully saturated rings. The molecule has 0 bridgehead atoms. The summed E-state index contributed by atoms with van der Waals surface area (Å²) in [5.74, 6) is -1.13. The zero-order valence-corrected chi connectivity index (χ0v) is 19.8. The number of aliphatic imine (C=N–C) groups is 1. The number of benzene rings is 1. The number of nitriles is 1. The summed E-state index contributed by atoms with van der Waals surface area (Å²) >= 11 is 0. The van der Waals surface area contributed by atoms with Crippen LogP contribution >= 0.6 is 0 Å². The Morgan fingerprint density at radius 2 is 1.91 bits per heavy atom. The summed E-state index contributed by atoms with van der Waals surface area (Å²) in [6.45, 7) is 1.46. The third-order valence-corrected chi connectivity index (χ3v) is 7.36. The normalized spacial score (nSPS) is 16.9. The van der Waals surface area contributed by atoms with Gasteiger partial charge in [0.05, 0.1) is 55.7 Å². The Bertz CT molecular complexity index is 1390. The number of hydrogen-bond acceptors (Lipinski definition) is 10. The predicted molar refractivity (Wildman–Crippen MR) is 122 cm³/mol. The van der Waals surface area contributed by atoms with Crippen molar-refractivity contribution in [2.75, 3.05) is 32.8 Å². The first-order valence-corrected chi connectivity index (χ1v) is 11.9. The molecule has 0 spiro atoms. The van der Waals surface area contributed by atoms with Crippen molar-refractivity contribution in [1.29, 1.82) is 5.26 Å². The van der Waals surface area contributed by atoms with Crippen molar-refractivity contribution >= 4 is 27.7 Å². The number of carbonyl (C=O) groups is 1. The molecule has 11 nitrogen and oxygen atoms in total. The monoisotopic (exact) mass is 489 g/mol. The van der Waals surface area contributed by atoms with E-state index in [-0.39, 0.29) is 57.4 Å². The molecule has 1 aromatic heterocycles. The summed E-state index contributed by atoms with van der Waals surface area (Å²) in [6.07, 6.45) is 1.32. The predicted octanol–water partition coefficient (Wildman–Crippen LogP) is 1.65. The van der Waals surface area contributed by atoms with Crippen LogP contribution in [0, 0.1) is 18.3 Å². The van der Waals surface area contributed by atoms with Gasteiger partial charge >= 0.3 is 5.97 Å². The lowest BCUT2D eigenvalue weighted by Crippen LogP contribution is -2.29. The number of pyridine rings is 1. The van der Waals surface area contributed by atoms with Crippen LogP contribution in [-0.4, -0.2) is 63.1 Å². The van der Waals surface area contributed by atoms with Gasteiger partial charge in [-0.05, 0) is 18.9 Å². The molecule has 2 heterocycles. The lowest BCUT2D eigenvalue weighted by atomic mass is 10.0. The van der Waals surface area contributed by atoms with Crippen LogP contribution in [0.4, 0.5) is 5.69 Å². The Morgan fingerprint density at radius 3 is 2.44 bits per heavy atom. The summed E-state index contributed by atoms with van der Waals surface area (Å²) in [4.78, 5) is 29.4. The SMILES string of the molecule is COC(=O)c1cc(OC)c(OC)cc1N=Cc1c(C)c(C#N)c(=O)n(C2CCS(=O)(=O)C2)c1O. The highest BCUT2D eigenvalue weighted by Gasteiger charge is 2.33. The summed E-state index contributed by atoms with van der Waals surface area (Å²) in [7, 11) is 0.638. The Labute approximate surface area is 195 Å². The lowest BCUT2D eigenvalue weighted by molar-refractivity contribution is 0.0601. The second-order valence-electron chi connectivity index (χ2n) is 7.56. The molecule has 0 saturated carbocycles. The number of hydrogen-bond donors (Lipinski definition) is 1. The van der Waals surface area contributed by atoms with Gasteiger partial charge in [0.1, 0.15) is 11.6 Å². The fourth-order valence-electron chi connectivity index (χ4n) is 3.80. The van der Waals surface area contributed by atoms with Crippen LogP contribution in [-0.2, 0) is 14.6 Å². The Kier molecular flexibility index (Phi) is 6.97. The maximum absolute atomic E-state index is 12.9. The van der Waals surface area contributed by atoms with E-state index in [9.17, 15) is 28.4 Å². The van der Waals surface area contributed by atoms with E-state index in [0.717, 1.165) is 4.57 Å². The summed E-state index contributed by atoms with van der Waals surface area (Å²) in [6, 6.07) is 3.82. The van der Waals surface area contributed by atoms with E-state index in [1.807, 2.05) is 6.07 Å². The molecule has 1 unspecified atom stereocenters. The number of aromatic nitrogens is 1. The first-order chi connectivity index (χ1) is 16.1. The smallest absolute Gasteiger partial charge is 0.340 e. The van der Waals surface area contributed by atoms with Crippen molar-refractivity contribution in [3.63, 3.8) is 0 Å². The molecular formula is C22H23N3O8S. The van der Waals surface area contributed by atoms with E-state index in [2.05, 4.69) is 4.99 Å². The largest absolute Gasteiger partial charge is 0.494 e. The van der Waals surface area contributed by atoms with Crippen LogP contribution in [0.5, 0.6) is 17.4 Å². The summed E-state index contributed by atoms with van der Waals surface area (Å²) in [5, 5.41) is 20.5. The third-order valence-electron chi connectivity index (χ3n) is 5.61. The maximum Gasteiger partial charge on any atom is 0.340 e. The Morgan fingerprint density at radius 1 is 1.26 bits per heavy atom. The van der Waals surface area contributed by atoms with Crippen LogP contribution in [0.25, 0.3) is 0 Å². The maximum atomic E-state index is 12.9. The van der Waals surface area contributed by atoms with Crippen molar-refractivity contribution < 1.29 is 32.5 Å². The molecular weight excluding hydrogens is 466 g/mol. The van der Waals surface area contributed by atoms with E-state index in [1.54, 1.807) is 0 Å². The van der Waals surface area contributed by atoms with Crippen LogP contribution in [0.15, 0.2) is 21.9 Å². The van der Waals surface area contributed by atoms with Gasteiger partial charge in [0, 0.05) is 18.3 Å². The van der Waals surface area contributed by atoms with E-state index in [0.29, 0.717) is 0 Å². The number of aromatic hydroxyl groups is 1. The van der Waals surface area contributed by atoms with Gasteiger partial charge in [0.25, 0.3) is 5.56 Å². The average molecular weight is 490 g/mol. The number of ether oxygens (including phenoxy) is 3. The number of sulfone groups is 1. The van der Waals surface area contributed by atoms with Gasteiger partial charge in [-0.25, -0.2) is 13.2 Å². The minimum Gasteiger partial charge on any atom is -0.494 e. The van der Waals surface area contributed by atoms with Crippen molar-refractivity contribution in [1.82, 2.24) is 4.57 Å². The molecule has 0 aliphatic carbocycles. The number of methoxy groups -OCH3 is 3. The first-order valence-electron chi connectivity index (χ1n) is 10.1. The van der Waals surface area contributed by atoms with Crippen LogP contribution in [0.2, 0.25) is 0 Å². The van der Waals surface area contributed by atoms with E-state index >= 15 is 0 Å². The Hall–Kier alpha value is -3.85. The molecule has 3 rings (SSSR count). The quantitative estimate of drug-likeness (QED) is 0.470. The van der Waals surface area contributed by atoms with E-state index in [4.69, 9.17) is 14.2 Å². The van der Waals surface area contributed by atoms with Crippen LogP contribution in [0.3, 0.4) is 0 Å². The summed E-state index contributed by atoms with van der Waals surface area (Å²) < 4.78 is 40.1. The van der Waals surface area contributed by atoms with Gasteiger partial charge < -0.3 is 19.3 Å². The number of esters is 1. The molecule has 1 atom stereocenters. The standard InChI is InChI=1S/C22H23N3O8S/c1-12-15(9-23)20(26)25(13-5-6-34(29,30)11-13)21(27)16(12)10-24-17-8-19(32-3)18(31-2)7-14(17)22(28)33-4/h7-8,10,13,27H,5-6,11H2,1-4H3. The van der Waals surface area contributed by atoms with Gasteiger partial charge in [0.2, 0.25) is 5.88 Å². The minimum atomic E-state index is -3.37. The van der Waals surface area contributed by atoms with Gasteiger partial charge in [-0.2, -0.15) is 5.26 Å². The molecule has 34 heavy (non-hydrogen) atoms. The molecule has 0 radical (unpaired) electrons. The number of nitrogens with zero attached hydrogens (tertiary/aromatic N) is 3. The number of carbonyl (C=O) groups excluding carboxylic acids is 1. The molecule has 1 N–H and O–H groups in total. The molecule has 1 aliphatic heterocycles. The number of rotatable bonds is 6. The average Bonchev–Trinajstić information content (AvgIpc) is 3.17. The van der Waals surface area contributed by atoms with Gasteiger partial charge in [-0.15, -0.1) is 0 Å². The zero-order valence-electron chi connectivity index (χ0n) is 19.0. The first kappa shape index (κ1) is 24.8. The minimum absolute atomic E-state index is 0.0334. The van der Waals surface area contributed by atoms with Crippen molar-refractivity contribution in [3.8, 4) is 23.4 Å². The second kappa shape index (κ2) is 9.56. The van der Waals surface area contributed by atoms with E-state index < -0.39 is 33.3 Å². The van der Waals surface area contributed by atoms with Gasteiger partial charge in [0.15, 0.2) is 21.3 Å². The van der Waals surface area contributed by atoms with Crippen LogP contribution < -0.4 is 15.0 Å². The fraction of sp³-hybridized carbons (Fsp3) is 0.364. The summed E-state index contributed by atoms with van der Waals surface area (Å²) in [5.41, 5.74) is -0.675. The molecule has 1 saturated heterocycles. The highest BCUT2D eigenvalue weighted by Crippen LogP contribution is 2.36. The zero-order chi connectivity index (χ0) is 25.2. The van der Waals surface area contributed by atoms with Gasteiger partial charge in [-0.1, -0.05) is 0 Å². The van der Waals surface area contributed by atoms with Crippen molar-refractivity contribution in [3.05, 3.63) is 44.7 Å². The second-order valence-corrected chi connectivity index (χ2v) is 9.78. The highest BCUT2D eigenvalue weighted by molar-refractivity contribution is 7.91.